The second-order valence-corrected chi connectivity index (χ2v) is 9.76. The van der Waals surface area contributed by atoms with Crippen LogP contribution in [0.3, 0.4) is 0 Å². The van der Waals surface area contributed by atoms with Crippen molar-refractivity contribution in [2.24, 2.45) is 11.5 Å². The molecule has 1 aromatic carbocycles. The highest BCUT2D eigenvalue weighted by Gasteiger charge is 2.31. The topological polar surface area (TPSA) is 140 Å². The van der Waals surface area contributed by atoms with Crippen molar-refractivity contribution in [1.29, 1.82) is 0 Å². The summed E-state index contributed by atoms with van der Waals surface area (Å²) in [5, 5.41) is 17.2. The molecule has 178 valence electrons. The Kier molecular flexibility index (Phi) is 5.74. The SMILES string of the molecule is NC(=O)Nc1sc2c(c1C(N)=O)CCc1nn(C3CCCN(Cc4ccc(O)cc4F)C3)cc1-2. The van der Waals surface area contributed by atoms with E-state index in [1.807, 2.05) is 10.9 Å². The lowest BCUT2D eigenvalue weighted by atomic mass is 9.94. The second-order valence-electron chi connectivity index (χ2n) is 8.74. The van der Waals surface area contributed by atoms with Crippen LogP contribution in [-0.2, 0) is 19.4 Å². The largest absolute Gasteiger partial charge is 0.508 e. The molecule has 0 radical (unpaired) electrons. The average molecular weight is 485 g/mol. The van der Waals surface area contributed by atoms with Gasteiger partial charge in [0, 0.05) is 41.4 Å². The monoisotopic (exact) mass is 484 g/mol. The van der Waals surface area contributed by atoms with Gasteiger partial charge in [-0.1, -0.05) is 6.07 Å². The second kappa shape index (κ2) is 8.73. The van der Waals surface area contributed by atoms with E-state index in [0.717, 1.165) is 53.7 Å². The zero-order valence-electron chi connectivity index (χ0n) is 18.4. The maximum absolute atomic E-state index is 14.2. The molecule has 1 aliphatic heterocycles. The van der Waals surface area contributed by atoms with E-state index in [2.05, 4.69) is 10.2 Å². The van der Waals surface area contributed by atoms with Crippen molar-refractivity contribution in [2.75, 3.05) is 18.4 Å². The Morgan fingerprint density at radius 3 is 2.85 bits per heavy atom. The van der Waals surface area contributed by atoms with E-state index in [9.17, 15) is 19.1 Å². The van der Waals surface area contributed by atoms with Crippen molar-refractivity contribution < 1.29 is 19.1 Å². The fraction of sp³-hybridized carbons (Fsp3) is 0.348. The highest BCUT2D eigenvalue weighted by atomic mass is 32.1. The smallest absolute Gasteiger partial charge is 0.317 e. The number of amides is 3. The summed E-state index contributed by atoms with van der Waals surface area (Å²) in [6, 6.07) is 3.64. The molecule has 34 heavy (non-hydrogen) atoms. The summed E-state index contributed by atoms with van der Waals surface area (Å²) in [5.41, 5.74) is 14.5. The first-order chi connectivity index (χ1) is 16.3. The number of hydrogen-bond acceptors (Lipinski definition) is 6. The van der Waals surface area contributed by atoms with Crippen molar-refractivity contribution in [1.82, 2.24) is 14.7 Å². The Morgan fingerprint density at radius 1 is 1.29 bits per heavy atom. The minimum Gasteiger partial charge on any atom is -0.508 e. The van der Waals surface area contributed by atoms with Gasteiger partial charge < -0.3 is 16.6 Å². The summed E-state index contributed by atoms with van der Waals surface area (Å²) >= 11 is 1.29. The van der Waals surface area contributed by atoms with Gasteiger partial charge in [-0.2, -0.15) is 5.10 Å². The van der Waals surface area contributed by atoms with Gasteiger partial charge in [-0.25, -0.2) is 9.18 Å². The molecule has 9 nitrogen and oxygen atoms in total. The summed E-state index contributed by atoms with van der Waals surface area (Å²) in [6.45, 7) is 2.04. The highest BCUT2D eigenvalue weighted by Crippen LogP contribution is 2.45. The number of anilines is 1. The van der Waals surface area contributed by atoms with Crippen molar-refractivity contribution in [3.05, 3.63) is 52.6 Å². The Balaban J connectivity index is 1.40. The van der Waals surface area contributed by atoms with Crippen LogP contribution in [0.25, 0.3) is 10.4 Å². The molecule has 1 atom stereocenters. The molecule has 1 aliphatic carbocycles. The molecule has 1 fully saturated rings. The van der Waals surface area contributed by atoms with Crippen LogP contribution in [0.4, 0.5) is 14.2 Å². The number of aromatic hydroxyl groups is 1. The maximum Gasteiger partial charge on any atom is 0.317 e. The number of halogens is 1. The van der Waals surface area contributed by atoms with Crippen LogP contribution in [-0.4, -0.2) is 44.8 Å². The first-order valence-electron chi connectivity index (χ1n) is 11.1. The minimum atomic E-state index is -0.746. The van der Waals surface area contributed by atoms with E-state index in [4.69, 9.17) is 16.6 Å². The Labute approximate surface area is 199 Å². The fourth-order valence-corrected chi connectivity index (χ4v) is 6.20. The minimum absolute atomic E-state index is 0.0819. The number of rotatable bonds is 5. The summed E-state index contributed by atoms with van der Waals surface area (Å²) in [7, 11) is 0. The van der Waals surface area contributed by atoms with Crippen LogP contribution < -0.4 is 16.8 Å². The maximum atomic E-state index is 14.2. The lowest BCUT2D eigenvalue weighted by Crippen LogP contribution is -2.36. The number of phenolic OH excluding ortho intramolecular Hbond substituents is 1. The zero-order chi connectivity index (χ0) is 24.0. The summed E-state index contributed by atoms with van der Waals surface area (Å²) in [6.07, 6.45) is 5.17. The zero-order valence-corrected chi connectivity index (χ0v) is 19.2. The number of benzene rings is 1. The predicted octanol–water partition coefficient (Wildman–Crippen LogP) is 2.98. The number of piperidine rings is 1. The van der Waals surface area contributed by atoms with E-state index < -0.39 is 17.8 Å². The van der Waals surface area contributed by atoms with Crippen LogP contribution >= 0.6 is 11.3 Å². The number of aromatic nitrogens is 2. The van der Waals surface area contributed by atoms with Gasteiger partial charge in [-0.05, 0) is 43.9 Å². The molecule has 11 heteroatoms. The van der Waals surface area contributed by atoms with Gasteiger partial charge >= 0.3 is 6.03 Å². The number of fused-ring (bicyclic) bond motifs is 3. The molecule has 3 amide bonds. The molecule has 0 saturated carbocycles. The third-order valence-electron chi connectivity index (χ3n) is 6.44. The number of thiophene rings is 1. The Morgan fingerprint density at radius 2 is 2.12 bits per heavy atom. The molecule has 3 heterocycles. The molecular weight excluding hydrogens is 459 g/mol. The number of likely N-dealkylation sites (tertiary alicyclic amines) is 1. The van der Waals surface area contributed by atoms with Gasteiger partial charge in [-0.15, -0.1) is 11.3 Å². The van der Waals surface area contributed by atoms with Crippen LogP contribution in [0, 0.1) is 5.82 Å². The number of aryl methyl sites for hydroxylation is 1. The quantitative estimate of drug-likeness (QED) is 0.441. The van der Waals surface area contributed by atoms with Crippen molar-refractivity contribution in [2.45, 2.75) is 38.3 Å². The molecule has 5 rings (SSSR count). The van der Waals surface area contributed by atoms with Gasteiger partial charge in [0.2, 0.25) is 0 Å². The highest BCUT2D eigenvalue weighted by molar-refractivity contribution is 7.20. The van der Waals surface area contributed by atoms with Gasteiger partial charge in [0.15, 0.2) is 0 Å². The number of phenols is 1. The van der Waals surface area contributed by atoms with Crippen molar-refractivity contribution >= 4 is 28.3 Å². The number of primary amides is 2. The molecule has 0 spiro atoms. The lowest BCUT2D eigenvalue weighted by Gasteiger charge is -2.33. The number of nitrogens with two attached hydrogens (primary N) is 2. The standard InChI is InChI=1S/C23H25FN6O3S/c24-17-8-14(31)4-3-12(17)9-29-7-1-2-13(10-29)30-11-16-18(28-30)6-5-15-19(21(25)32)22(27-23(26)33)34-20(15)16/h3-4,8,11,13,31H,1-2,5-7,9-10H2,(H2,25,32)(H3,26,27,33). The third kappa shape index (κ3) is 4.12. The average Bonchev–Trinajstić information content (AvgIpc) is 3.36. The first kappa shape index (κ1) is 22.4. The summed E-state index contributed by atoms with van der Waals surface area (Å²) in [4.78, 5) is 26.6. The third-order valence-corrected chi connectivity index (χ3v) is 7.62. The molecule has 3 aromatic rings. The van der Waals surface area contributed by atoms with Crippen LogP contribution in [0.5, 0.6) is 5.75 Å². The fourth-order valence-electron chi connectivity index (χ4n) is 4.91. The van der Waals surface area contributed by atoms with Gasteiger partial charge in [-0.3, -0.25) is 19.7 Å². The number of hydrogen-bond donors (Lipinski definition) is 4. The molecule has 1 saturated heterocycles. The van der Waals surface area contributed by atoms with Gasteiger partial charge in [0.1, 0.15) is 16.6 Å². The molecule has 2 aliphatic rings. The number of nitrogens with zero attached hydrogens (tertiary/aromatic N) is 3. The van der Waals surface area contributed by atoms with E-state index >= 15 is 0 Å². The number of carbonyl (C=O) groups excluding carboxylic acids is 2. The van der Waals surface area contributed by atoms with E-state index in [-0.39, 0.29) is 11.8 Å². The van der Waals surface area contributed by atoms with Crippen LogP contribution in [0.2, 0.25) is 0 Å². The predicted molar refractivity (Wildman–Crippen MR) is 126 cm³/mol. The number of urea groups is 1. The Bertz CT molecular complexity index is 1290. The van der Waals surface area contributed by atoms with Gasteiger partial charge in [0.25, 0.3) is 5.91 Å². The number of nitrogens with one attached hydrogen (secondary N) is 1. The number of carbonyl (C=O) groups is 2. The van der Waals surface area contributed by atoms with Gasteiger partial charge in [0.05, 0.1) is 17.3 Å². The molecule has 6 N–H and O–H groups in total. The molecular formula is C23H25FN6O3S. The van der Waals surface area contributed by atoms with Crippen LogP contribution in [0.1, 0.15) is 46.1 Å². The van der Waals surface area contributed by atoms with Crippen molar-refractivity contribution in [3.63, 3.8) is 0 Å². The molecule has 0 bridgehead atoms. The molecule has 2 aromatic heterocycles. The lowest BCUT2D eigenvalue weighted by molar-refractivity contribution is 0.100. The normalized spacial score (nSPS) is 17.7. The van der Waals surface area contributed by atoms with Crippen molar-refractivity contribution in [3.8, 4) is 16.2 Å². The molecule has 1 unspecified atom stereocenters. The summed E-state index contributed by atoms with van der Waals surface area (Å²) < 4.78 is 16.2. The Hall–Kier alpha value is -3.44. The summed E-state index contributed by atoms with van der Waals surface area (Å²) in [5.74, 6) is -1.09. The first-order valence-corrected chi connectivity index (χ1v) is 11.9. The van der Waals surface area contributed by atoms with Crippen LogP contribution in [0.15, 0.2) is 24.4 Å². The van der Waals surface area contributed by atoms with E-state index in [1.165, 1.54) is 17.4 Å². The van der Waals surface area contributed by atoms with E-state index in [1.54, 1.807) is 6.07 Å². The van der Waals surface area contributed by atoms with E-state index in [0.29, 0.717) is 35.5 Å².